The van der Waals surface area contributed by atoms with E-state index in [1.807, 2.05) is 6.92 Å². The normalized spacial score (nSPS) is 52.3. The first kappa shape index (κ1) is 36.2. The van der Waals surface area contributed by atoms with Gasteiger partial charge in [-0.15, -0.1) is 0 Å². The Bertz CT molecular complexity index is 1300. The molecule has 0 aromatic carbocycles. The van der Waals surface area contributed by atoms with Crippen LogP contribution in [0.1, 0.15) is 92.9 Å². The summed E-state index contributed by atoms with van der Waals surface area (Å²) in [5, 5.41) is 53.5. The zero-order valence-corrected chi connectivity index (χ0v) is 29.7. The summed E-state index contributed by atoms with van der Waals surface area (Å²) in [4.78, 5) is 27.1. The molecule has 0 bridgehead atoms. The lowest BCUT2D eigenvalue weighted by atomic mass is 9.33. The number of carbonyl (C=O) groups excluding carboxylic acids is 2. The molecule has 0 aromatic heterocycles. The van der Waals surface area contributed by atoms with Gasteiger partial charge in [-0.25, -0.2) is 0 Å². The van der Waals surface area contributed by atoms with Crippen LogP contribution < -0.4 is 0 Å². The zero-order chi connectivity index (χ0) is 35.4. The quantitative estimate of drug-likeness (QED) is 0.207. The van der Waals surface area contributed by atoms with Crippen molar-refractivity contribution in [2.24, 2.45) is 51.2 Å². The molecule has 0 spiro atoms. The van der Waals surface area contributed by atoms with Crippen molar-refractivity contribution in [1.29, 1.82) is 0 Å². The van der Waals surface area contributed by atoms with Crippen LogP contribution in [0.3, 0.4) is 0 Å². The van der Waals surface area contributed by atoms with Gasteiger partial charge in [0.15, 0.2) is 0 Å². The van der Waals surface area contributed by atoms with Crippen molar-refractivity contribution in [2.75, 3.05) is 13.7 Å². The van der Waals surface area contributed by atoms with Crippen LogP contribution in [0.25, 0.3) is 0 Å². The maximum atomic E-state index is 14.5. The lowest BCUT2D eigenvalue weighted by Gasteiger charge is -2.71. The first-order valence-corrected chi connectivity index (χ1v) is 17.9. The summed E-state index contributed by atoms with van der Waals surface area (Å²) in [6.07, 6.45) is -3.83. The fraction of sp³-hybridized carbons (Fsp3) is 0.892. The number of aliphatic hydroxyl groups is 5. The highest BCUT2D eigenvalue weighted by atomic mass is 16.7. The average Bonchev–Trinajstić information content (AvgIpc) is 3.51. The summed E-state index contributed by atoms with van der Waals surface area (Å²) in [5.41, 5.74) is -1.52. The van der Waals surface area contributed by atoms with E-state index in [0.717, 1.165) is 24.8 Å². The number of aliphatic hydroxyl groups excluding tert-OH is 5. The minimum absolute atomic E-state index is 0.0112. The van der Waals surface area contributed by atoms with Crippen molar-refractivity contribution < 1.29 is 54.1 Å². The molecule has 2 heterocycles. The van der Waals surface area contributed by atoms with Crippen molar-refractivity contribution in [3.05, 3.63) is 12.2 Å². The van der Waals surface area contributed by atoms with Crippen LogP contribution >= 0.6 is 0 Å². The van der Waals surface area contributed by atoms with Gasteiger partial charge >= 0.3 is 11.9 Å². The monoisotopic (exact) mass is 678 g/mol. The van der Waals surface area contributed by atoms with Crippen LogP contribution in [-0.2, 0) is 28.5 Å². The molecule has 48 heavy (non-hydrogen) atoms. The Hall–Kier alpha value is -1.60. The molecule has 5 N–H and O–H groups in total. The Morgan fingerprint density at radius 2 is 1.60 bits per heavy atom. The molecule has 0 unspecified atom stereocenters. The highest BCUT2D eigenvalue weighted by Crippen LogP contribution is 2.77. The number of allylic oxidation sites excluding steroid dienone is 1. The van der Waals surface area contributed by atoms with E-state index in [4.69, 9.17) is 18.9 Å². The lowest BCUT2D eigenvalue weighted by molar-refractivity contribution is -0.299. The molecule has 2 aliphatic heterocycles. The van der Waals surface area contributed by atoms with Gasteiger partial charge in [0.05, 0.1) is 43.4 Å². The molecule has 6 fully saturated rings. The smallest absolute Gasteiger partial charge is 0.314 e. The van der Waals surface area contributed by atoms with Gasteiger partial charge in [0, 0.05) is 5.41 Å². The van der Waals surface area contributed by atoms with Crippen molar-refractivity contribution in [3.63, 3.8) is 0 Å². The minimum atomic E-state index is -1.68. The second-order valence-corrected chi connectivity index (χ2v) is 17.4. The Labute approximate surface area is 284 Å². The lowest BCUT2D eigenvalue weighted by Crippen LogP contribution is -2.69. The van der Waals surface area contributed by atoms with Crippen LogP contribution in [-0.4, -0.2) is 99.7 Å². The predicted octanol–water partition coefficient (Wildman–Crippen LogP) is 2.88. The highest BCUT2D eigenvalue weighted by molar-refractivity contribution is 5.78. The third-order valence-electron chi connectivity index (χ3n) is 15.2. The Kier molecular flexibility index (Phi) is 9.04. The fourth-order valence-corrected chi connectivity index (χ4v) is 12.8. The summed E-state index contributed by atoms with van der Waals surface area (Å²) < 4.78 is 23.3. The molecule has 6 rings (SSSR count). The maximum Gasteiger partial charge on any atom is 0.314 e. The number of ether oxygens (including phenoxy) is 4. The van der Waals surface area contributed by atoms with Gasteiger partial charge in [-0.3, -0.25) is 9.59 Å². The van der Waals surface area contributed by atoms with Gasteiger partial charge in [0.2, 0.25) is 6.29 Å². The molecule has 0 aromatic rings. The number of hydrogen-bond acceptors (Lipinski definition) is 11. The summed E-state index contributed by atoms with van der Waals surface area (Å²) in [6.45, 7) is 16.8. The summed E-state index contributed by atoms with van der Waals surface area (Å²) in [6, 6.07) is 0. The van der Waals surface area contributed by atoms with E-state index in [1.54, 1.807) is 0 Å². The van der Waals surface area contributed by atoms with E-state index < -0.39 is 71.9 Å². The molecule has 11 nitrogen and oxygen atoms in total. The van der Waals surface area contributed by atoms with E-state index in [1.165, 1.54) is 7.11 Å². The van der Waals surface area contributed by atoms with E-state index >= 15 is 0 Å². The number of hydrogen-bond donors (Lipinski definition) is 5. The summed E-state index contributed by atoms with van der Waals surface area (Å²) in [5.74, 6) is -1.09. The Morgan fingerprint density at radius 1 is 0.917 bits per heavy atom. The molecular weight excluding hydrogens is 620 g/mol. The van der Waals surface area contributed by atoms with E-state index in [9.17, 15) is 35.1 Å². The van der Waals surface area contributed by atoms with Crippen molar-refractivity contribution in [3.8, 4) is 0 Å². The summed E-state index contributed by atoms with van der Waals surface area (Å²) in [7, 11) is 1.39. The molecule has 272 valence electrons. The Balaban J connectivity index is 1.37. The average molecular weight is 679 g/mol. The molecule has 2 saturated heterocycles. The highest BCUT2D eigenvalue weighted by Gasteiger charge is 2.76. The molecule has 4 saturated carbocycles. The molecular formula is C37H58O11. The molecule has 6 aliphatic rings. The molecule has 0 radical (unpaired) electrons. The van der Waals surface area contributed by atoms with Gasteiger partial charge < -0.3 is 44.5 Å². The van der Waals surface area contributed by atoms with Crippen molar-refractivity contribution in [2.45, 2.75) is 141 Å². The third-order valence-corrected chi connectivity index (χ3v) is 15.2. The molecule has 4 aliphatic carbocycles. The predicted molar refractivity (Wildman–Crippen MR) is 173 cm³/mol. The van der Waals surface area contributed by atoms with E-state index in [0.29, 0.717) is 25.7 Å². The molecule has 0 amide bonds. The SMILES string of the molecule is C=C(C)[C@@H]1CC[C@]2(C(=O)O[C@@H]3O[C@H](CO)[C@@H](O)[C@H](O)[C@H]3O)CC[C@]3(C)[C@H](C[C@@H](O)[C@@H]4[C@@]5(C)[C@@H](CC(=O)OC)OC(C)(C)[C@@H]5CC[C@]43C)[C@@H]12. The second kappa shape index (κ2) is 12.0. The first-order valence-electron chi connectivity index (χ1n) is 17.9. The van der Waals surface area contributed by atoms with E-state index in [-0.39, 0.29) is 52.8 Å². The molecule has 16 atom stereocenters. The van der Waals surface area contributed by atoms with Crippen LogP contribution in [0.4, 0.5) is 0 Å². The number of rotatable bonds is 6. The fourth-order valence-electron chi connectivity index (χ4n) is 12.8. The van der Waals surface area contributed by atoms with Gasteiger partial charge in [-0.05, 0) is 106 Å². The number of methoxy groups -OCH3 is 1. The second-order valence-electron chi connectivity index (χ2n) is 17.4. The summed E-state index contributed by atoms with van der Waals surface area (Å²) >= 11 is 0. The topological polar surface area (TPSA) is 172 Å². The first-order chi connectivity index (χ1) is 22.3. The Morgan fingerprint density at radius 3 is 2.23 bits per heavy atom. The van der Waals surface area contributed by atoms with Crippen LogP contribution in [0.2, 0.25) is 0 Å². The van der Waals surface area contributed by atoms with Gasteiger partial charge in [0.1, 0.15) is 24.4 Å². The number of esters is 2. The number of carbonyl (C=O) groups is 2. The van der Waals surface area contributed by atoms with Gasteiger partial charge in [-0.2, -0.15) is 0 Å². The largest absolute Gasteiger partial charge is 0.469 e. The van der Waals surface area contributed by atoms with E-state index in [2.05, 4.69) is 41.2 Å². The van der Waals surface area contributed by atoms with Crippen molar-refractivity contribution >= 4 is 11.9 Å². The third kappa shape index (κ3) is 4.84. The minimum Gasteiger partial charge on any atom is -0.469 e. The van der Waals surface area contributed by atoms with Crippen LogP contribution in [0.5, 0.6) is 0 Å². The zero-order valence-electron chi connectivity index (χ0n) is 29.7. The van der Waals surface area contributed by atoms with Gasteiger partial charge in [-0.1, -0.05) is 32.9 Å². The van der Waals surface area contributed by atoms with Crippen molar-refractivity contribution in [1.82, 2.24) is 0 Å². The van der Waals surface area contributed by atoms with Crippen LogP contribution in [0, 0.1) is 51.2 Å². The van der Waals surface area contributed by atoms with Crippen LogP contribution in [0.15, 0.2) is 12.2 Å². The number of fused-ring (bicyclic) bond motifs is 7. The maximum absolute atomic E-state index is 14.5. The van der Waals surface area contributed by atoms with Gasteiger partial charge in [0.25, 0.3) is 0 Å². The standard InChI is InChI=1S/C37H58O11/c1-18(2)19-9-12-37(32(44)47-31-29(43)28(42)27(41)22(17-38)46-31)14-13-34(5)20(26(19)37)15-21(39)30-35(34,6)11-10-23-33(3,4)48-24(36(23,30)7)16-25(40)45-8/h19-24,26-31,38-39,41-43H,1,9-17H2,2-8H3/t19-,20+,21+,22+,23-,24+,26+,27+,28-,29+,30-,31-,34+,35+,36+,37-/m0/s1. The molecule has 11 heteroatoms.